The first-order valence-corrected chi connectivity index (χ1v) is 7.71. The Balaban J connectivity index is 2.48. The van der Waals surface area contributed by atoms with Crippen LogP contribution < -0.4 is 15.5 Å². The molecule has 1 aromatic carbocycles. The summed E-state index contributed by atoms with van der Waals surface area (Å²) in [5.41, 5.74) is 0.706. The molecule has 0 fully saturated rings. The summed E-state index contributed by atoms with van der Waals surface area (Å²) in [5.74, 6) is -0.737. The lowest BCUT2D eigenvalue weighted by atomic mass is 10.1. The zero-order valence-electron chi connectivity index (χ0n) is 14.9. The topological polar surface area (TPSA) is 88.9 Å². The van der Waals surface area contributed by atoms with Crippen molar-refractivity contribution in [3.05, 3.63) is 29.8 Å². The summed E-state index contributed by atoms with van der Waals surface area (Å²) in [5, 5.41) is 5.59. The average Bonchev–Trinajstić information content (AvgIpc) is 2.44. The molecule has 0 aromatic heterocycles. The molecule has 0 bridgehead atoms. The van der Waals surface area contributed by atoms with E-state index in [0.29, 0.717) is 11.3 Å². The smallest absolute Gasteiger partial charge is 0.337 e. The molecule has 132 valence electrons. The van der Waals surface area contributed by atoms with Crippen LogP contribution in [-0.2, 0) is 14.3 Å². The fraction of sp³-hybridized carbons (Fsp3) is 0.471. The molecule has 3 N–H and O–H groups in total. The molecule has 0 aliphatic heterocycles. The fourth-order valence-electron chi connectivity index (χ4n) is 2.09. The molecule has 0 heterocycles. The van der Waals surface area contributed by atoms with Crippen LogP contribution in [0.4, 0.5) is 5.69 Å². The van der Waals surface area contributed by atoms with Crippen LogP contribution in [0, 0.1) is 0 Å². The summed E-state index contributed by atoms with van der Waals surface area (Å²) in [6, 6.07) is 6.42. The molecule has 0 spiro atoms. The molecular weight excluding hydrogens is 310 g/mol. The lowest BCUT2D eigenvalue weighted by Crippen LogP contribution is -3.11. The number of esters is 1. The lowest BCUT2D eigenvalue weighted by molar-refractivity contribution is -0.862. The summed E-state index contributed by atoms with van der Waals surface area (Å²) in [6.45, 7) is 6.10. The molecule has 1 atom stereocenters. The normalized spacial score (nSPS) is 12.2. The number of amides is 2. The van der Waals surface area contributed by atoms with Crippen LogP contribution >= 0.6 is 0 Å². The van der Waals surface area contributed by atoms with E-state index in [2.05, 4.69) is 15.4 Å². The molecule has 0 radical (unpaired) electrons. The van der Waals surface area contributed by atoms with Gasteiger partial charge in [0.05, 0.1) is 19.7 Å². The number of nitrogens with one attached hydrogen (secondary N) is 3. The molecule has 0 aliphatic carbocycles. The Morgan fingerprint density at radius 1 is 1.04 bits per heavy atom. The van der Waals surface area contributed by atoms with Gasteiger partial charge >= 0.3 is 5.97 Å². The molecule has 7 heteroatoms. The number of methoxy groups -OCH3 is 1. The molecule has 0 saturated heterocycles. The monoisotopic (exact) mass is 336 g/mol. The number of carbonyl (C=O) groups excluding carboxylic acids is 3. The van der Waals surface area contributed by atoms with Crippen LogP contribution in [0.3, 0.4) is 0 Å². The lowest BCUT2D eigenvalue weighted by Gasteiger charge is -2.21. The summed E-state index contributed by atoms with van der Waals surface area (Å²) < 4.78 is 4.61. The fourth-order valence-corrected chi connectivity index (χ4v) is 2.09. The third kappa shape index (κ3) is 7.23. The van der Waals surface area contributed by atoms with E-state index in [1.165, 1.54) is 7.11 Å². The number of anilines is 1. The Morgan fingerprint density at radius 3 is 2.08 bits per heavy atom. The standard InChI is InChI=1S/C17H25N3O4/c1-17(2,3)19-15(22)11-20(4)10-14(21)18-13-8-6-12(7-9-13)16(23)24-5/h6-9H,10-11H2,1-5H3,(H,18,21)(H,19,22)/p+1. The van der Waals surface area contributed by atoms with Crippen molar-refractivity contribution < 1.29 is 24.0 Å². The number of quaternary nitrogens is 1. The highest BCUT2D eigenvalue weighted by atomic mass is 16.5. The highest BCUT2D eigenvalue weighted by Gasteiger charge is 2.18. The van der Waals surface area contributed by atoms with Gasteiger partial charge in [0.2, 0.25) is 0 Å². The Hall–Kier alpha value is -2.41. The summed E-state index contributed by atoms with van der Waals surface area (Å²) in [6.07, 6.45) is 0. The Labute approximate surface area is 142 Å². The van der Waals surface area contributed by atoms with Crippen molar-refractivity contribution in [2.75, 3.05) is 32.6 Å². The number of benzene rings is 1. The van der Waals surface area contributed by atoms with Crippen LogP contribution in [-0.4, -0.2) is 50.6 Å². The number of hydrogen-bond acceptors (Lipinski definition) is 4. The molecule has 1 aromatic rings. The predicted octanol–water partition coefficient (Wildman–Crippen LogP) is -0.159. The van der Waals surface area contributed by atoms with E-state index in [1.807, 2.05) is 20.8 Å². The number of carbonyl (C=O) groups is 3. The second-order valence-corrected chi connectivity index (χ2v) is 6.73. The molecule has 2 amide bonds. The van der Waals surface area contributed by atoms with Gasteiger partial charge in [0.25, 0.3) is 11.8 Å². The highest BCUT2D eigenvalue weighted by Crippen LogP contribution is 2.10. The van der Waals surface area contributed by atoms with Gasteiger partial charge in [0.1, 0.15) is 0 Å². The Kier molecular flexibility index (Phi) is 6.91. The maximum Gasteiger partial charge on any atom is 0.337 e. The molecular formula is C17H26N3O4+. The van der Waals surface area contributed by atoms with Crippen LogP contribution in [0.15, 0.2) is 24.3 Å². The summed E-state index contributed by atoms with van der Waals surface area (Å²) >= 11 is 0. The maximum atomic E-state index is 12.0. The van der Waals surface area contributed by atoms with Crippen molar-refractivity contribution in [2.24, 2.45) is 0 Å². The third-order valence-electron chi connectivity index (χ3n) is 3.03. The van der Waals surface area contributed by atoms with Crippen molar-refractivity contribution >= 4 is 23.5 Å². The number of likely N-dealkylation sites (N-methyl/N-ethyl adjacent to an activating group) is 1. The van der Waals surface area contributed by atoms with Gasteiger partial charge in [-0.1, -0.05) is 0 Å². The van der Waals surface area contributed by atoms with Gasteiger partial charge in [-0.25, -0.2) is 4.79 Å². The SMILES string of the molecule is COC(=O)c1ccc(NC(=O)C[NH+](C)CC(=O)NC(C)(C)C)cc1. The van der Waals surface area contributed by atoms with Crippen LogP contribution in [0.2, 0.25) is 0 Å². The number of ether oxygens (including phenoxy) is 1. The first-order valence-electron chi connectivity index (χ1n) is 7.71. The van der Waals surface area contributed by atoms with Gasteiger partial charge in [-0.2, -0.15) is 0 Å². The number of rotatable bonds is 6. The molecule has 0 saturated carbocycles. The highest BCUT2D eigenvalue weighted by molar-refractivity contribution is 5.93. The average molecular weight is 336 g/mol. The van der Waals surface area contributed by atoms with E-state index in [-0.39, 0.29) is 30.4 Å². The first-order chi connectivity index (χ1) is 11.1. The van der Waals surface area contributed by atoms with Crippen molar-refractivity contribution in [1.29, 1.82) is 0 Å². The van der Waals surface area contributed by atoms with Gasteiger partial charge in [-0.3, -0.25) is 9.59 Å². The molecule has 1 unspecified atom stereocenters. The Morgan fingerprint density at radius 2 is 1.58 bits per heavy atom. The van der Waals surface area contributed by atoms with Crippen LogP contribution in [0.1, 0.15) is 31.1 Å². The molecule has 1 rings (SSSR count). The van der Waals surface area contributed by atoms with Gasteiger partial charge in [0.15, 0.2) is 13.1 Å². The van der Waals surface area contributed by atoms with E-state index in [0.717, 1.165) is 4.90 Å². The van der Waals surface area contributed by atoms with Gasteiger partial charge < -0.3 is 20.3 Å². The van der Waals surface area contributed by atoms with Gasteiger partial charge in [-0.05, 0) is 45.0 Å². The van der Waals surface area contributed by atoms with E-state index in [1.54, 1.807) is 31.3 Å². The second-order valence-electron chi connectivity index (χ2n) is 6.73. The minimum Gasteiger partial charge on any atom is -0.465 e. The van der Waals surface area contributed by atoms with Crippen LogP contribution in [0.25, 0.3) is 0 Å². The molecule has 7 nitrogen and oxygen atoms in total. The minimum absolute atomic E-state index is 0.102. The van der Waals surface area contributed by atoms with Crippen molar-refractivity contribution in [1.82, 2.24) is 5.32 Å². The number of hydrogen-bond donors (Lipinski definition) is 3. The zero-order valence-corrected chi connectivity index (χ0v) is 14.9. The van der Waals surface area contributed by atoms with Crippen molar-refractivity contribution in [3.63, 3.8) is 0 Å². The van der Waals surface area contributed by atoms with E-state index < -0.39 is 5.97 Å². The molecule has 0 aliphatic rings. The predicted molar refractivity (Wildman–Crippen MR) is 90.9 cm³/mol. The second kappa shape index (κ2) is 8.44. The summed E-state index contributed by atoms with van der Waals surface area (Å²) in [7, 11) is 3.09. The quantitative estimate of drug-likeness (QED) is 0.630. The molecule has 24 heavy (non-hydrogen) atoms. The van der Waals surface area contributed by atoms with E-state index in [9.17, 15) is 14.4 Å². The largest absolute Gasteiger partial charge is 0.465 e. The van der Waals surface area contributed by atoms with Gasteiger partial charge in [0, 0.05) is 11.2 Å². The minimum atomic E-state index is -0.429. The maximum absolute atomic E-state index is 12.0. The van der Waals surface area contributed by atoms with Crippen LogP contribution in [0.5, 0.6) is 0 Å². The third-order valence-corrected chi connectivity index (χ3v) is 3.03. The zero-order chi connectivity index (χ0) is 18.3. The van der Waals surface area contributed by atoms with Gasteiger partial charge in [-0.15, -0.1) is 0 Å². The van der Waals surface area contributed by atoms with E-state index >= 15 is 0 Å². The summed E-state index contributed by atoms with van der Waals surface area (Å²) in [4.78, 5) is 36.0. The van der Waals surface area contributed by atoms with E-state index in [4.69, 9.17) is 0 Å². The van der Waals surface area contributed by atoms with Crippen molar-refractivity contribution in [3.8, 4) is 0 Å². The Bertz CT molecular complexity index is 591. The first kappa shape index (κ1) is 19.6. The van der Waals surface area contributed by atoms with Crippen molar-refractivity contribution in [2.45, 2.75) is 26.3 Å².